The van der Waals surface area contributed by atoms with Gasteiger partial charge in [-0.2, -0.15) is 0 Å². The Bertz CT molecular complexity index is 497. The Morgan fingerprint density at radius 3 is 2.12 bits per heavy atom. The summed E-state index contributed by atoms with van der Waals surface area (Å²) in [6, 6.07) is 11.1. The fourth-order valence-electron chi connectivity index (χ4n) is 3.59. The van der Waals surface area contributed by atoms with Gasteiger partial charge in [-0.15, -0.1) is 24.0 Å². The van der Waals surface area contributed by atoms with Crippen LogP contribution in [0.5, 0.6) is 0 Å². The van der Waals surface area contributed by atoms with Gasteiger partial charge in [0.05, 0.1) is 6.54 Å². The SMILES string of the molecule is CC(NC1(CN=C(N(C)C)N(C)C)CCCC1)c1ccccc1.I. The van der Waals surface area contributed by atoms with Gasteiger partial charge in [0.1, 0.15) is 0 Å². The molecule has 1 aromatic rings. The molecule has 1 atom stereocenters. The summed E-state index contributed by atoms with van der Waals surface area (Å²) >= 11 is 0. The number of rotatable bonds is 5. The number of nitrogens with one attached hydrogen (secondary N) is 1. The summed E-state index contributed by atoms with van der Waals surface area (Å²) in [5.74, 6) is 1.03. The molecule has 0 aromatic heterocycles. The molecule has 0 heterocycles. The first-order valence-electron chi connectivity index (χ1n) is 8.65. The van der Waals surface area contributed by atoms with Crippen LogP contribution in [-0.2, 0) is 0 Å². The molecule has 2 rings (SSSR count). The first kappa shape index (κ1) is 21.2. The molecule has 1 N–H and O–H groups in total. The van der Waals surface area contributed by atoms with Crippen molar-refractivity contribution in [3.8, 4) is 0 Å². The minimum atomic E-state index is 0. The van der Waals surface area contributed by atoms with E-state index >= 15 is 0 Å². The molecule has 1 unspecified atom stereocenters. The molecule has 0 amide bonds. The summed E-state index contributed by atoms with van der Waals surface area (Å²) < 4.78 is 0. The second-order valence-electron chi connectivity index (χ2n) is 7.17. The van der Waals surface area contributed by atoms with Crippen molar-refractivity contribution < 1.29 is 0 Å². The summed E-state index contributed by atoms with van der Waals surface area (Å²) in [4.78, 5) is 9.10. The zero-order valence-electron chi connectivity index (χ0n) is 15.7. The number of hydrogen-bond donors (Lipinski definition) is 1. The van der Waals surface area contributed by atoms with Crippen molar-refractivity contribution in [2.24, 2.45) is 4.99 Å². The van der Waals surface area contributed by atoms with Crippen LogP contribution in [-0.4, -0.2) is 56.0 Å². The van der Waals surface area contributed by atoms with Gasteiger partial charge in [0.25, 0.3) is 0 Å². The Kier molecular flexibility index (Phi) is 8.50. The van der Waals surface area contributed by atoms with Gasteiger partial charge in [0.2, 0.25) is 0 Å². The van der Waals surface area contributed by atoms with Crippen LogP contribution in [0.3, 0.4) is 0 Å². The predicted molar refractivity (Wildman–Crippen MR) is 114 cm³/mol. The highest BCUT2D eigenvalue weighted by Gasteiger charge is 2.35. The van der Waals surface area contributed by atoms with E-state index in [0.717, 1.165) is 12.5 Å². The summed E-state index contributed by atoms with van der Waals surface area (Å²) in [7, 11) is 8.22. The Morgan fingerprint density at radius 2 is 1.62 bits per heavy atom. The maximum absolute atomic E-state index is 4.93. The minimum absolute atomic E-state index is 0. The lowest BCUT2D eigenvalue weighted by Crippen LogP contribution is -2.47. The quantitative estimate of drug-likeness (QED) is 0.427. The van der Waals surface area contributed by atoms with Crippen LogP contribution in [0.15, 0.2) is 35.3 Å². The highest BCUT2D eigenvalue weighted by Crippen LogP contribution is 2.32. The lowest BCUT2D eigenvalue weighted by molar-refractivity contribution is 0.305. The number of guanidine groups is 1. The molecule has 1 aliphatic rings. The highest BCUT2D eigenvalue weighted by molar-refractivity contribution is 14.0. The van der Waals surface area contributed by atoms with E-state index in [2.05, 4.69) is 80.6 Å². The van der Waals surface area contributed by atoms with Crippen LogP contribution in [0.1, 0.15) is 44.2 Å². The van der Waals surface area contributed by atoms with E-state index in [1.807, 2.05) is 0 Å². The number of hydrogen-bond acceptors (Lipinski definition) is 2. The van der Waals surface area contributed by atoms with Gasteiger partial charge < -0.3 is 15.1 Å². The monoisotopic (exact) mass is 444 g/mol. The zero-order valence-corrected chi connectivity index (χ0v) is 18.1. The van der Waals surface area contributed by atoms with Crippen molar-refractivity contribution in [3.63, 3.8) is 0 Å². The summed E-state index contributed by atoms with van der Waals surface area (Å²) in [6.45, 7) is 3.10. The lowest BCUT2D eigenvalue weighted by atomic mass is 9.95. The van der Waals surface area contributed by atoms with Crippen molar-refractivity contribution >= 4 is 29.9 Å². The number of aliphatic imine (C=N–C) groups is 1. The Morgan fingerprint density at radius 1 is 1.08 bits per heavy atom. The van der Waals surface area contributed by atoms with E-state index in [1.54, 1.807) is 0 Å². The van der Waals surface area contributed by atoms with E-state index in [0.29, 0.717) is 6.04 Å². The summed E-state index contributed by atoms with van der Waals surface area (Å²) in [5, 5.41) is 3.90. The third kappa shape index (κ3) is 5.62. The molecule has 0 aliphatic heterocycles. The molecule has 1 fully saturated rings. The van der Waals surface area contributed by atoms with Crippen LogP contribution in [0.4, 0.5) is 0 Å². The maximum Gasteiger partial charge on any atom is 0.195 e. The topological polar surface area (TPSA) is 30.9 Å². The molecule has 1 saturated carbocycles. The molecular weight excluding hydrogens is 411 g/mol. The smallest absolute Gasteiger partial charge is 0.195 e. The Labute approximate surface area is 164 Å². The average Bonchev–Trinajstić information content (AvgIpc) is 2.96. The molecule has 136 valence electrons. The molecule has 0 bridgehead atoms. The van der Waals surface area contributed by atoms with E-state index < -0.39 is 0 Å². The second-order valence-corrected chi connectivity index (χ2v) is 7.17. The maximum atomic E-state index is 4.93. The predicted octanol–water partition coefficient (Wildman–Crippen LogP) is 3.75. The van der Waals surface area contributed by atoms with Crippen LogP contribution in [0.25, 0.3) is 0 Å². The van der Waals surface area contributed by atoms with Crippen molar-refractivity contribution in [1.82, 2.24) is 15.1 Å². The van der Waals surface area contributed by atoms with Crippen molar-refractivity contribution in [1.29, 1.82) is 0 Å². The lowest BCUT2D eigenvalue weighted by Gasteiger charge is -2.34. The second kappa shape index (κ2) is 9.61. The fraction of sp³-hybridized carbons (Fsp3) is 0.632. The molecule has 24 heavy (non-hydrogen) atoms. The zero-order chi connectivity index (χ0) is 16.9. The van der Waals surface area contributed by atoms with E-state index in [4.69, 9.17) is 4.99 Å². The average molecular weight is 444 g/mol. The summed E-state index contributed by atoms with van der Waals surface area (Å²) in [5.41, 5.74) is 1.48. The highest BCUT2D eigenvalue weighted by atomic mass is 127. The van der Waals surface area contributed by atoms with Crippen LogP contribution < -0.4 is 5.32 Å². The molecule has 0 spiro atoms. The van der Waals surface area contributed by atoms with Gasteiger partial charge in [-0.05, 0) is 25.3 Å². The molecule has 0 radical (unpaired) electrons. The molecular formula is C19H33IN4. The van der Waals surface area contributed by atoms with Crippen molar-refractivity contribution in [3.05, 3.63) is 35.9 Å². The molecule has 5 heteroatoms. The van der Waals surface area contributed by atoms with Crippen LogP contribution >= 0.6 is 24.0 Å². The molecule has 1 aliphatic carbocycles. The Hall–Kier alpha value is -0.820. The fourth-order valence-corrected chi connectivity index (χ4v) is 3.59. The van der Waals surface area contributed by atoms with Gasteiger partial charge in [0.15, 0.2) is 5.96 Å². The van der Waals surface area contributed by atoms with Crippen molar-refractivity contribution in [2.75, 3.05) is 34.7 Å². The third-order valence-electron chi connectivity index (χ3n) is 4.71. The van der Waals surface area contributed by atoms with E-state index in [-0.39, 0.29) is 29.5 Å². The molecule has 4 nitrogen and oxygen atoms in total. The first-order chi connectivity index (χ1) is 10.9. The van der Waals surface area contributed by atoms with Gasteiger partial charge in [-0.25, -0.2) is 0 Å². The van der Waals surface area contributed by atoms with Gasteiger partial charge in [-0.3, -0.25) is 4.99 Å². The van der Waals surface area contributed by atoms with Gasteiger partial charge in [0, 0.05) is 39.8 Å². The number of nitrogens with zero attached hydrogens (tertiary/aromatic N) is 3. The minimum Gasteiger partial charge on any atom is -0.349 e. The largest absolute Gasteiger partial charge is 0.349 e. The first-order valence-corrected chi connectivity index (χ1v) is 8.65. The third-order valence-corrected chi connectivity index (χ3v) is 4.71. The summed E-state index contributed by atoms with van der Waals surface area (Å²) in [6.07, 6.45) is 5.01. The van der Waals surface area contributed by atoms with Gasteiger partial charge >= 0.3 is 0 Å². The number of benzene rings is 1. The number of halogens is 1. The van der Waals surface area contributed by atoms with Crippen LogP contribution in [0, 0.1) is 0 Å². The standard InChI is InChI=1S/C19H32N4.HI/c1-16(17-11-7-6-8-12-17)21-19(13-9-10-14-19)15-20-18(22(2)3)23(4)5;/h6-8,11-12,16,21H,9-10,13-15H2,1-5H3;1H. The normalized spacial score (nSPS) is 16.9. The van der Waals surface area contributed by atoms with Gasteiger partial charge in [-0.1, -0.05) is 43.2 Å². The van der Waals surface area contributed by atoms with Crippen LogP contribution in [0.2, 0.25) is 0 Å². The molecule has 1 aromatic carbocycles. The van der Waals surface area contributed by atoms with E-state index in [9.17, 15) is 0 Å². The Balaban J connectivity index is 0.00000288. The molecule has 0 saturated heterocycles. The van der Waals surface area contributed by atoms with E-state index in [1.165, 1.54) is 31.2 Å². The van der Waals surface area contributed by atoms with Crippen molar-refractivity contribution in [2.45, 2.75) is 44.2 Å².